The number of rotatable bonds is 4. The van der Waals surface area contributed by atoms with Crippen LogP contribution in [0.25, 0.3) is 0 Å². The second kappa shape index (κ2) is 5.18. The van der Waals surface area contributed by atoms with Crippen molar-refractivity contribution in [3.05, 3.63) is 34.6 Å². The van der Waals surface area contributed by atoms with Gasteiger partial charge in [-0.3, -0.25) is 4.68 Å². The highest BCUT2D eigenvalue weighted by molar-refractivity contribution is 9.10. The molecule has 2 rings (SSSR count). The number of hydrogen-bond donors (Lipinski definition) is 1. The van der Waals surface area contributed by atoms with Gasteiger partial charge in [0, 0.05) is 25.0 Å². The SMILES string of the molecule is COc1cc(NCc2cn(C)nn2)ccc1Br. The fraction of sp³-hybridized carbons (Fsp3) is 0.273. The maximum Gasteiger partial charge on any atom is 0.135 e. The summed E-state index contributed by atoms with van der Waals surface area (Å²) in [7, 11) is 3.49. The lowest BCUT2D eigenvalue weighted by Crippen LogP contribution is -2.00. The van der Waals surface area contributed by atoms with Gasteiger partial charge in [-0.1, -0.05) is 5.21 Å². The zero-order chi connectivity index (χ0) is 12.3. The summed E-state index contributed by atoms with van der Waals surface area (Å²) in [5.41, 5.74) is 1.88. The minimum atomic E-state index is 0.638. The Morgan fingerprint density at radius 2 is 2.29 bits per heavy atom. The van der Waals surface area contributed by atoms with Gasteiger partial charge in [0.25, 0.3) is 0 Å². The van der Waals surface area contributed by atoms with Crippen LogP contribution < -0.4 is 10.1 Å². The van der Waals surface area contributed by atoms with E-state index in [2.05, 4.69) is 31.6 Å². The van der Waals surface area contributed by atoms with Crippen molar-refractivity contribution in [3.63, 3.8) is 0 Å². The van der Waals surface area contributed by atoms with E-state index in [1.54, 1.807) is 11.8 Å². The third kappa shape index (κ3) is 2.97. The molecule has 17 heavy (non-hydrogen) atoms. The summed E-state index contributed by atoms with van der Waals surface area (Å²) in [5.74, 6) is 0.800. The van der Waals surface area contributed by atoms with Crippen molar-refractivity contribution in [1.82, 2.24) is 15.0 Å². The fourth-order valence-electron chi connectivity index (χ4n) is 1.44. The van der Waals surface area contributed by atoms with E-state index in [1.807, 2.05) is 31.4 Å². The number of methoxy groups -OCH3 is 1. The zero-order valence-corrected chi connectivity index (χ0v) is 11.2. The summed E-state index contributed by atoms with van der Waals surface area (Å²) in [4.78, 5) is 0. The lowest BCUT2D eigenvalue weighted by atomic mass is 10.3. The molecule has 6 heteroatoms. The number of aryl methyl sites for hydroxylation is 1. The molecule has 0 amide bonds. The number of hydrogen-bond acceptors (Lipinski definition) is 4. The number of nitrogens with one attached hydrogen (secondary N) is 1. The van der Waals surface area contributed by atoms with Gasteiger partial charge < -0.3 is 10.1 Å². The second-order valence-corrected chi connectivity index (χ2v) is 4.44. The summed E-state index contributed by atoms with van der Waals surface area (Å²) >= 11 is 3.41. The van der Waals surface area contributed by atoms with Gasteiger partial charge in [-0.2, -0.15) is 0 Å². The quantitative estimate of drug-likeness (QED) is 0.940. The van der Waals surface area contributed by atoms with Gasteiger partial charge >= 0.3 is 0 Å². The van der Waals surface area contributed by atoms with Gasteiger partial charge in [0.1, 0.15) is 11.4 Å². The standard InChI is InChI=1S/C11H13BrN4O/c1-16-7-9(14-15-16)6-13-8-3-4-10(12)11(5-8)17-2/h3-5,7,13H,6H2,1-2H3. The first-order valence-electron chi connectivity index (χ1n) is 5.11. The van der Waals surface area contributed by atoms with Crippen LogP contribution in [0.4, 0.5) is 5.69 Å². The Bertz CT molecular complexity index is 512. The first-order valence-corrected chi connectivity index (χ1v) is 5.91. The Kier molecular flexibility index (Phi) is 3.63. The Hall–Kier alpha value is -1.56. The Balaban J connectivity index is 2.04. The van der Waals surface area contributed by atoms with E-state index in [-0.39, 0.29) is 0 Å². The number of halogens is 1. The van der Waals surface area contributed by atoms with Crippen molar-refractivity contribution in [3.8, 4) is 5.75 Å². The second-order valence-electron chi connectivity index (χ2n) is 3.59. The van der Waals surface area contributed by atoms with Gasteiger partial charge in [-0.05, 0) is 28.1 Å². The van der Waals surface area contributed by atoms with Crippen molar-refractivity contribution < 1.29 is 4.74 Å². The molecule has 0 fully saturated rings. The van der Waals surface area contributed by atoms with E-state index < -0.39 is 0 Å². The van der Waals surface area contributed by atoms with Gasteiger partial charge in [-0.25, -0.2) is 0 Å². The van der Waals surface area contributed by atoms with E-state index in [1.165, 1.54) is 0 Å². The molecule has 0 aliphatic rings. The highest BCUT2D eigenvalue weighted by atomic mass is 79.9. The summed E-state index contributed by atoms with van der Waals surface area (Å²) < 4.78 is 7.84. The van der Waals surface area contributed by atoms with Crippen molar-refractivity contribution in [2.24, 2.45) is 7.05 Å². The molecule has 0 aliphatic carbocycles. The normalized spacial score (nSPS) is 10.3. The first kappa shape index (κ1) is 11.9. The monoisotopic (exact) mass is 296 g/mol. The molecule has 0 saturated carbocycles. The van der Waals surface area contributed by atoms with Gasteiger partial charge in [0.15, 0.2) is 0 Å². The molecule has 0 unspecified atom stereocenters. The lowest BCUT2D eigenvalue weighted by molar-refractivity contribution is 0.412. The largest absolute Gasteiger partial charge is 0.495 e. The number of aromatic nitrogens is 3. The van der Waals surface area contributed by atoms with Crippen LogP contribution in [-0.2, 0) is 13.6 Å². The van der Waals surface area contributed by atoms with E-state index in [9.17, 15) is 0 Å². The van der Waals surface area contributed by atoms with Gasteiger partial charge in [0.05, 0.1) is 18.1 Å². The molecule has 5 nitrogen and oxygen atoms in total. The number of nitrogens with zero attached hydrogens (tertiary/aromatic N) is 3. The summed E-state index contributed by atoms with van der Waals surface area (Å²) in [5, 5.41) is 11.1. The molecule has 0 atom stereocenters. The summed E-state index contributed by atoms with van der Waals surface area (Å²) in [6.07, 6.45) is 1.88. The smallest absolute Gasteiger partial charge is 0.135 e. The van der Waals surface area contributed by atoms with Crippen LogP contribution in [0.3, 0.4) is 0 Å². The predicted molar refractivity (Wildman–Crippen MR) is 69.0 cm³/mol. The van der Waals surface area contributed by atoms with Crippen molar-refractivity contribution in [2.45, 2.75) is 6.54 Å². The van der Waals surface area contributed by atoms with Crippen LogP contribution in [0.5, 0.6) is 5.75 Å². The molecule has 0 saturated heterocycles. The molecule has 1 heterocycles. The molecule has 0 bridgehead atoms. The van der Waals surface area contributed by atoms with Crippen molar-refractivity contribution >= 4 is 21.6 Å². The third-order valence-corrected chi connectivity index (χ3v) is 2.93. The number of benzene rings is 1. The van der Waals surface area contributed by atoms with Crippen LogP contribution in [-0.4, -0.2) is 22.1 Å². The maximum absolute atomic E-state index is 5.22. The molecule has 1 N–H and O–H groups in total. The molecule has 0 aliphatic heterocycles. The summed E-state index contributed by atoms with van der Waals surface area (Å²) in [6.45, 7) is 0.638. The maximum atomic E-state index is 5.22. The number of ether oxygens (including phenoxy) is 1. The van der Waals surface area contributed by atoms with Crippen LogP contribution in [0.1, 0.15) is 5.69 Å². The molecule has 2 aromatic rings. The highest BCUT2D eigenvalue weighted by Crippen LogP contribution is 2.27. The zero-order valence-electron chi connectivity index (χ0n) is 9.64. The minimum Gasteiger partial charge on any atom is -0.495 e. The molecule has 1 aromatic carbocycles. The Labute approximate surface area is 108 Å². The van der Waals surface area contributed by atoms with Crippen LogP contribution in [0.2, 0.25) is 0 Å². The van der Waals surface area contributed by atoms with Crippen LogP contribution >= 0.6 is 15.9 Å². The average Bonchev–Trinajstić information content (AvgIpc) is 2.74. The average molecular weight is 297 g/mol. The predicted octanol–water partition coefficient (Wildman–Crippen LogP) is 2.20. The van der Waals surface area contributed by atoms with Crippen LogP contribution in [0, 0.1) is 0 Å². The Morgan fingerprint density at radius 1 is 1.47 bits per heavy atom. The molecular weight excluding hydrogens is 284 g/mol. The van der Waals surface area contributed by atoms with Gasteiger partial charge in [-0.15, -0.1) is 5.10 Å². The van der Waals surface area contributed by atoms with E-state index in [0.29, 0.717) is 6.54 Å². The van der Waals surface area contributed by atoms with Crippen molar-refractivity contribution in [2.75, 3.05) is 12.4 Å². The number of anilines is 1. The van der Waals surface area contributed by atoms with E-state index in [0.717, 1.165) is 21.6 Å². The Morgan fingerprint density at radius 3 is 2.94 bits per heavy atom. The topological polar surface area (TPSA) is 52.0 Å². The first-order chi connectivity index (χ1) is 8.19. The third-order valence-electron chi connectivity index (χ3n) is 2.27. The minimum absolute atomic E-state index is 0.638. The molecule has 90 valence electrons. The lowest BCUT2D eigenvalue weighted by Gasteiger charge is -2.08. The molecule has 0 radical (unpaired) electrons. The molecule has 0 spiro atoms. The molecular formula is C11H13BrN4O. The van der Waals surface area contributed by atoms with Gasteiger partial charge in [0.2, 0.25) is 0 Å². The van der Waals surface area contributed by atoms with E-state index >= 15 is 0 Å². The fourth-order valence-corrected chi connectivity index (χ4v) is 1.85. The van der Waals surface area contributed by atoms with Crippen molar-refractivity contribution in [1.29, 1.82) is 0 Å². The molecule has 1 aromatic heterocycles. The highest BCUT2D eigenvalue weighted by Gasteiger charge is 2.02. The summed E-state index contributed by atoms with van der Waals surface area (Å²) in [6, 6.07) is 5.85. The van der Waals surface area contributed by atoms with Crippen LogP contribution in [0.15, 0.2) is 28.9 Å². The van der Waals surface area contributed by atoms with E-state index in [4.69, 9.17) is 4.74 Å².